The number of para-hydroxylation sites is 1. The van der Waals surface area contributed by atoms with Crippen LogP contribution >= 0.6 is 23.2 Å². The lowest BCUT2D eigenvalue weighted by molar-refractivity contribution is 0.262. The molecule has 0 spiro atoms. The fourth-order valence-corrected chi connectivity index (χ4v) is 4.57. The van der Waals surface area contributed by atoms with Crippen molar-refractivity contribution >= 4 is 38.9 Å². The first-order valence-corrected chi connectivity index (χ1v) is 11.3. The molecule has 0 amide bonds. The molecule has 1 heterocycles. The zero-order valence-corrected chi connectivity index (χ0v) is 17.3. The molecule has 0 atom stereocenters. The molecule has 0 radical (unpaired) electrons. The topological polar surface area (TPSA) is 52.7 Å². The highest BCUT2D eigenvalue weighted by Gasteiger charge is 2.18. The molecule has 27 heavy (non-hydrogen) atoms. The van der Waals surface area contributed by atoms with Crippen molar-refractivity contribution < 1.29 is 8.42 Å². The van der Waals surface area contributed by atoms with Crippen molar-refractivity contribution in [3.05, 3.63) is 64.1 Å². The van der Waals surface area contributed by atoms with Gasteiger partial charge in [-0.1, -0.05) is 47.5 Å². The highest BCUT2D eigenvalue weighted by molar-refractivity contribution is 7.88. The van der Waals surface area contributed by atoms with Gasteiger partial charge in [0.05, 0.1) is 15.8 Å². The van der Waals surface area contributed by atoms with Crippen LogP contribution in [-0.2, 0) is 15.8 Å². The minimum absolute atomic E-state index is 0.105. The Morgan fingerprint density at radius 3 is 2.30 bits per heavy atom. The van der Waals surface area contributed by atoms with Crippen molar-refractivity contribution in [1.29, 1.82) is 0 Å². The fraction of sp³-hybridized carbons (Fsp3) is 0.368. The van der Waals surface area contributed by atoms with Gasteiger partial charge in [0.25, 0.3) is 0 Å². The molecule has 0 saturated carbocycles. The summed E-state index contributed by atoms with van der Waals surface area (Å²) in [6.07, 6.45) is 0. The lowest BCUT2D eigenvalue weighted by atomic mass is 10.2. The molecule has 8 heteroatoms. The molecule has 2 aromatic carbocycles. The number of nitrogens with zero attached hydrogens (tertiary/aromatic N) is 2. The Hall–Kier alpha value is -1.31. The molecule has 0 bridgehead atoms. The number of nitrogens with one attached hydrogen (secondary N) is 1. The maximum Gasteiger partial charge on any atom is 0.215 e. The SMILES string of the molecule is O=S(=O)(Cc1ccc(Cl)c(Cl)c1)NCCN1CCN(c2ccccc2)CC1. The van der Waals surface area contributed by atoms with Crippen molar-refractivity contribution in [2.75, 3.05) is 44.2 Å². The number of piperazine rings is 1. The van der Waals surface area contributed by atoms with Crippen LogP contribution in [0.25, 0.3) is 0 Å². The van der Waals surface area contributed by atoms with Gasteiger partial charge in [0, 0.05) is 45.0 Å². The third kappa shape index (κ3) is 6.09. The largest absolute Gasteiger partial charge is 0.369 e. The van der Waals surface area contributed by atoms with Crippen molar-refractivity contribution in [2.45, 2.75) is 5.75 Å². The van der Waals surface area contributed by atoms with E-state index in [1.165, 1.54) is 5.69 Å². The summed E-state index contributed by atoms with van der Waals surface area (Å²) in [5.74, 6) is -0.105. The molecule has 1 aliphatic rings. The minimum Gasteiger partial charge on any atom is -0.369 e. The van der Waals surface area contributed by atoms with Crippen LogP contribution in [0.2, 0.25) is 10.0 Å². The molecule has 5 nitrogen and oxygen atoms in total. The molecular weight excluding hydrogens is 405 g/mol. The summed E-state index contributed by atoms with van der Waals surface area (Å²) < 4.78 is 27.2. The molecule has 1 aliphatic heterocycles. The van der Waals surface area contributed by atoms with Gasteiger partial charge in [-0.3, -0.25) is 4.90 Å². The normalized spacial score (nSPS) is 15.9. The van der Waals surface area contributed by atoms with Gasteiger partial charge in [-0.25, -0.2) is 13.1 Å². The van der Waals surface area contributed by atoms with Crippen LogP contribution in [-0.4, -0.2) is 52.6 Å². The number of rotatable bonds is 7. The average molecular weight is 428 g/mol. The molecular formula is C19H23Cl2N3O2S. The van der Waals surface area contributed by atoms with E-state index < -0.39 is 10.0 Å². The third-order valence-corrected chi connectivity index (χ3v) is 6.68. The lowest BCUT2D eigenvalue weighted by Gasteiger charge is -2.36. The molecule has 0 aliphatic carbocycles. The van der Waals surface area contributed by atoms with E-state index in [9.17, 15) is 8.42 Å². The summed E-state index contributed by atoms with van der Waals surface area (Å²) in [6, 6.07) is 15.2. The predicted molar refractivity (Wildman–Crippen MR) is 112 cm³/mol. The number of benzene rings is 2. The lowest BCUT2D eigenvalue weighted by Crippen LogP contribution is -2.48. The summed E-state index contributed by atoms with van der Waals surface area (Å²) >= 11 is 11.8. The second kappa shape index (κ2) is 9.26. The molecule has 1 saturated heterocycles. The molecule has 146 valence electrons. The molecule has 1 N–H and O–H groups in total. The van der Waals surface area contributed by atoms with Crippen LogP contribution in [0.5, 0.6) is 0 Å². The highest BCUT2D eigenvalue weighted by Crippen LogP contribution is 2.23. The van der Waals surface area contributed by atoms with Gasteiger partial charge in [0.15, 0.2) is 0 Å². The number of halogens is 2. The van der Waals surface area contributed by atoms with Gasteiger partial charge < -0.3 is 4.90 Å². The number of hydrogen-bond acceptors (Lipinski definition) is 4. The van der Waals surface area contributed by atoms with Crippen LogP contribution in [0.4, 0.5) is 5.69 Å². The van der Waals surface area contributed by atoms with Crippen LogP contribution in [0.1, 0.15) is 5.56 Å². The van der Waals surface area contributed by atoms with E-state index in [4.69, 9.17) is 23.2 Å². The maximum atomic E-state index is 12.3. The van der Waals surface area contributed by atoms with Crippen LogP contribution < -0.4 is 9.62 Å². The van der Waals surface area contributed by atoms with Gasteiger partial charge in [-0.05, 0) is 29.8 Å². The quantitative estimate of drug-likeness (QED) is 0.736. The van der Waals surface area contributed by atoms with Gasteiger partial charge in [-0.15, -0.1) is 0 Å². The predicted octanol–water partition coefficient (Wildman–Crippen LogP) is 3.24. The van der Waals surface area contributed by atoms with E-state index in [0.29, 0.717) is 28.7 Å². The van der Waals surface area contributed by atoms with Crippen molar-refractivity contribution in [2.24, 2.45) is 0 Å². The van der Waals surface area contributed by atoms with E-state index in [1.807, 2.05) is 18.2 Å². The summed E-state index contributed by atoms with van der Waals surface area (Å²) in [6.45, 7) is 4.82. The Labute approximate surface area is 170 Å². The third-order valence-electron chi connectivity index (χ3n) is 4.58. The summed E-state index contributed by atoms with van der Waals surface area (Å²) in [5, 5.41) is 0.779. The minimum atomic E-state index is -3.41. The molecule has 0 unspecified atom stereocenters. The van der Waals surface area contributed by atoms with E-state index in [2.05, 4.69) is 26.7 Å². The molecule has 3 rings (SSSR count). The van der Waals surface area contributed by atoms with Crippen molar-refractivity contribution in [1.82, 2.24) is 9.62 Å². The van der Waals surface area contributed by atoms with Gasteiger partial charge in [0.1, 0.15) is 0 Å². The fourth-order valence-electron chi connectivity index (χ4n) is 3.13. The van der Waals surface area contributed by atoms with E-state index >= 15 is 0 Å². The Bertz CT molecular complexity index is 855. The van der Waals surface area contributed by atoms with Crippen LogP contribution in [0, 0.1) is 0 Å². The van der Waals surface area contributed by atoms with E-state index in [1.54, 1.807) is 18.2 Å². The number of sulfonamides is 1. The molecule has 2 aromatic rings. The second-order valence-electron chi connectivity index (χ2n) is 6.57. The number of hydrogen-bond donors (Lipinski definition) is 1. The first-order valence-electron chi connectivity index (χ1n) is 8.86. The molecule has 0 aromatic heterocycles. The first kappa shape index (κ1) is 20.4. The van der Waals surface area contributed by atoms with Crippen molar-refractivity contribution in [3.63, 3.8) is 0 Å². The molecule has 1 fully saturated rings. The van der Waals surface area contributed by atoms with Gasteiger partial charge >= 0.3 is 0 Å². The Balaban J connectivity index is 1.42. The first-order chi connectivity index (χ1) is 12.9. The smallest absolute Gasteiger partial charge is 0.215 e. The summed E-state index contributed by atoms with van der Waals surface area (Å²) in [4.78, 5) is 4.63. The maximum absolute atomic E-state index is 12.3. The summed E-state index contributed by atoms with van der Waals surface area (Å²) in [5.41, 5.74) is 1.85. The Kier molecular flexibility index (Phi) is 7.00. The average Bonchev–Trinajstić information content (AvgIpc) is 2.66. The monoisotopic (exact) mass is 427 g/mol. The van der Waals surface area contributed by atoms with E-state index in [0.717, 1.165) is 26.2 Å². The van der Waals surface area contributed by atoms with Gasteiger partial charge in [0.2, 0.25) is 10.0 Å². The highest BCUT2D eigenvalue weighted by atomic mass is 35.5. The van der Waals surface area contributed by atoms with E-state index in [-0.39, 0.29) is 5.75 Å². The Morgan fingerprint density at radius 1 is 0.926 bits per heavy atom. The van der Waals surface area contributed by atoms with Gasteiger partial charge in [-0.2, -0.15) is 0 Å². The zero-order valence-electron chi connectivity index (χ0n) is 14.9. The van der Waals surface area contributed by atoms with Crippen LogP contribution in [0.3, 0.4) is 0 Å². The number of anilines is 1. The standard InChI is InChI=1S/C19H23Cl2N3O2S/c20-18-7-6-16(14-19(18)21)15-27(25,26)22-8-9-23-10-12-24(13-11-23)17-4-2-1-3-5-17/h1-7,14,22H,8-13,15H2. The second-order valence-corrected chi connectivity index (χ2v) is 9.19. The zero-order chi connectivity index (χ0) is 19.3. The summed E-state index contributed by atoms with van der Waals surface area (Å²) in [7, 11) is -3.41. The van der Waals surface area contributed by atoms with Crippen molar-refractivity contribution in [3.8, 4) is 0 Å². The van der Waals surface area contributed by atoms with Crippen LogP contribution in [0.15, 0.2) is 48.5 Å². The Morgan fingerprint density at radius 2 is 1.63 bits per heavy atom.